The highest BCUT2D eigenvalue weighted by molar-refractivity contribution is 6.05. The van der Waals surface area contributed by atoms with E-state index in [1.165, 1.54) is 6.07 Å². The fraction of sp³-hybridized carbons (Fsp3) is 0.381. The Hall–Kier alpha value is -3.13. The minimum absolute atomic E-state index is 0.140. The monoisotopic (exact) mass is 466 g/mol. The molecule has 8 N–H and O–H groups in total. The Morgan fingerprint density at radius 3 is 2.27 bits per heavy atom. The molecule has 1 unspecified atom stereocenters. The van der Waals surface area contributed by atoms with Gasteiger partial charge in [0.25, 0.3) is 0 Å². The van der Waals surface area contributed by atoms with Crippen molar-refractivity contribution < 1.29 is 59.9 Å². The summed E-state index contributed by atoms with van der Waals surface area (Å²) in [7, 11) is 0. The van der Waals surface area contributed by atoms with E-state index in [9.17, 15) is 45.6 Å². The second-order valence-electron chi connectivity index (χ2n) is 7.74. The second kappa shape index (κ2) is 8.67. The molecule has 0 radical (unpaired) electrons. The van der Waals surface area contributed by atoms with Crippen LogP contribution in [0.4, 0.5) is 0 Å². The zero-order chi connectivity index (χ0) is 24.0. The first-order valence-corrected chi connectivity index (χ1v) is 9.87. The van der Waals surface area contributed by atoms with Crippen LogP contribution in [0, 0.1) is 0 Å². The normalized spacial score (nSPS) is 31.6. The van der Waals surface area contributed by atoms with Crippen molar-refractivity contribution in [3.8, 4) is 28.7 Å². The molecule has 1 fully saturated rings. The van der Waals surface area contributed by atoms with Gasteiger partial charge in [-0.05, 0) is 17.7 Å². The highest BCUT2D eigenvalue weighted by atomic mass is 16.7. The third-order valence-electron chi connectivity index (χ3n) is 5.56. The maximum absolute atomic E-state index is 13.3. The van der Waals surface area contributed by atoms with E-state index in [4.69, 9.17) is 14.2 Å². The van der Waals surface area contributed by atoms with Crippen molar-refractivity contribution in [2.75, 3.05) is 6.61 Å². The molecule has 0 bridgehead atoms. The summed E-state index contributed by atoms with van der Waals surface area (Å²) >= 11 is 0. The first kappa shape index (κ1) is 23.0. The van der Waals surface area contributed by atoms with Crippen LogP contribution in [-0.2, 0) is 9.47 Å². The molecule has 0 aromatic heterocycles. The maximum Gasteiger partial charge on any atom is 0.203 e. The topological polar surface area (TPSA) is 207 Å². The zero-order valence-corrected chi connectivity index (χ0v) is 16.8. The number of aliphatic hydroxyl groups is 4. The summed E-state index contributed by atoms with van der Waals surface area (Å²) in [5.74, 6) is -3.00. The van der Waals surface area contributed by atoms with Gasteiger partial charge in [-0.3, -0.25) is 4.79 Å². The van der Waals surface area contributed by atoms with Gasteiger partial charge in [0.15, 0.2) is 30.0 Å². The Balaban J connectivity index is 1.75. The highest BCUT2D eigenvalue weighted by Crippen LogP contribution is 2.44. The van der Waals surface area contributed by atoms with Crippen molar-refractivity contribution in [2.24, 2.45) is 0 Å². The number of carbonyl (C=O) groups excluding carboxylic acids is 1. The molecule has 0 aliphatic carbocycles. The minimum atomic E-state index is -1.82. The lowest BCUT2D eigenvalue weighted by molar-refractivity contribution is -0.311. The number of ketones is 1. The number of phenolic OH excluding ortho intramolecular Hbond substituents is 4. The molecule has 4 rings (SSSR count). The van der Waals surface area contributed by atoms with E-state index in [0.29, 0.717) is 0 Å². The lowest BCUT2D eigenvalue weighted by Crippen LogP contribution is -2.60. The quantitative estimate of drug-likeness (QED) is 0.256. The van der Waals surface area contributed by atoms with Crippen molar-refractivity contribution in [1.29, 1.82) is 0 Å². The molecular formula is C21H22O12. The third-order valence-corrected chi connectivity index (χ3v) is 5.56. The molecule has 2 heterocycles. The van der Waals surface area contributed by atoms with Crippen LogP contribution < -0.4 is 4.74 Å². The number of Topliss-reactive ketones (excluding diaryl/α,β-unsaturated/α-hetero) is 1. The fourth-order valence-corrected chi connectivity index (χ4v) is 3.82. The maximum atomic E-state index is 13.3. The zero-order valence-electron chi connectivity index (χ0n) is 16.8. The highest BCUT2D eigenvalue weighted by Gasteiger charge is 2.49. The van der Waals surface area contributed by atoms with Gasteiger partial charge in [-0.25, -0.2) is 0 Å². The van der Waals surface area contributed by atoms with Gasteiger partial charge in [0.05, 0.1) is 6.61 Å². The van der Waals surface area contributed by atoms with Crippen molar-refractivity contribution in [2.45, 2.75) is 42.9 Å². The number of aromatic hydroxyl groups is 4. The predicted molar refractivity (Wildman–Crippen MR) is 106 cm³/mol. The van der Waals surface area contributed by atoms with Gasteiger partial charge < -0.3 is 55.1 Å². The number of phenols is 4. The molecule has 0 spiro atoms. The summed E-state index contributed by atoms with van der Waals surface area (Å²) in [6, 6.07) is 5.57. The standard InChI is InChI=1S/C21H22O12/c22-6-13-15(27)17(29)18(30)21(32-13)33-20-16(28)14-11(26)4-8(23)5-12(14)31-19(20)7-1-2-9(24)10(25)3-7/h1-5,13,15,17-27,29-30H,6H2/t13-,15-,17+,18-,19+,20+,21?/m1/s1. The number of fused-ring (bicyclic) bond motifs is 1. The van der Waals surface area contributed by atoms with E-state index >= 15 is 0 Å². The molecular weight excluding hydrogens is 444 g/mol. The van der Waals surface area contributed by atoms with Gasteiger partial charge in [-0.15, -0.1) is 0 Å². The molecule has 1 saturated heterocycles. The van der Waals surface area contributed by atoms with Gasteiger partial charge in [-0.2, -0.15) is 0 Å². The minimum Gasteiger partial charge on any atom is -0.508 e. The number of carbonyl (C=O) groups is 1. The Bertz CT molecular complexity index is 1050. The van der Waals surface area contributed by atoms with Crippen molar-refractivity contribution >= 4 is 5.78 Å². The third kappa shape index (κ3) is 4.04. The molecule has 7 atom stereocenters. The van der Waals surface area contributed by atoms with Crippen LogP contribution in [0.25, 0.3) is 0 Å². The van der Waals surface area contributed by atoms with Crippen LogP contribution in [0.1, 0.15) is 22.0 Å². The van der Waals surface area contributed by atoms with Crippen LogP contribution in [0.5, 0.6) is 28.7 Å². The Kier molecular flexibility index (Phi) is 6.05. The Labute approximate surface area is 186 Å². The van der Waals surface area contributed by atoms with Crippen LogP contribution in [0.2, 0.25) is 0 Å². The van der Waals surface area contributed by atoms with E-state index in [-0.39, 0.29) is 22.6 Å². The number of rotatable bonds is 4. The molecule has 2 aliphatic heterocycles. The number of aliphatic hydroxyl groups excluding tert-OH is 4. The summed E-state index contributed by atoms with van der Waals surface area (Å²) in [4.78, 5) is 13.3. The number of hydrogen-bond acceptors (Lipinski definition) is 12. The summed E-state index contributed by atoms with van der Waals surface area (Å²) < 4.78 is 16.7. The van der Waals surface area contributed by atoms with Crippen molar-refractivity contribution in [3.63, 3.8) is 0 Å². The predicted octanol–water partition coefficient (Wildman–Crippen LogP) is -0.990. The van der Waals surface area contributed by atoms with E-state index in [1.807, 2.05) is 0 Å². The van der Waals surface area contributed by atoms with Gasteiger partial charge >= 0.3 is 0 Å². The van der Waals surface area contributed by atoms with Crippen LogP contribution >= 0.6 is 0 Å². The summed E-state index contributed by atoms with van der Waals surface area (Å²) in [6.45, 7) is -0.724. The first-order chi connectivity index (χ1) is 15.6. The summed E-state index contributed by atoms with van der Waals surface area (Å²) in [5.41, 5.74) is -0.191. The molecule has 0 amide bonds. The van der Waals surface area contributed by atoms with Gasteiger partial charge in [0.1, 0.15) is 47.2 Å². The summed E-state index contributed by atoms with van der Waals surface area (Å²) in [5, 5.41) is 79.2. The van der Waals surface area contributed by atoms with Crippen LogP contribution in [0.15, 0.2) is 30.3 Å². The Morgan fingerprint density at radius 1 is 0.879 bits per heavy atom. The van der Waals surface area contributed by atoms with E-state index in [2.05, 4.69) is 0 Å². The number of ether oxygens (including phenoxy) is 3. The largest absolute Gasteiger partial charge is 0.508 e. The van der Waals surface area contributed by atoms with E-state index in [1.54, 1.807) is 0 Å². The van der Waals surface area contributed by atoms with Gasteiger partial charge in [0, 0.05) is 12.1 Å². The first-order valence-electron chi connectivity index (χ1n) is 9.87. The molecule has 2 aliphatic rings. The molecule has 0 saturated carbocycles. The van der Waals surface area contributed by atoms with Crippen molar-refractivity contribution in [1.82, 2.24) is 0 Å². The second-order valence-corrected chi connectivity index (χ2v) is 7.74. The van der Waals surface area contributed by atoms with E-state index < -0.39 is 72.6 Å². The molecule has 2 aromatic rings. The summed E-state index contributed by atoms with van der Waals surface area (Å²) in [6.07, 6.45) is -11.2. The Morgan fingerprint density at radius 2 is 1.61 bits per heavy atom. The number of benzene rings is 2. The average molecular weight is 466 g/mol. The molecule has 12 nitrogen and oxygen atoms in total. The number of hydrogen-bond donors (Lipinski definition) is 8. The smallest absolute Gasteiger partial charge is 0.203 e. The van der Waals surface area contributed by atoms with Crippen LogP contribution in [-0.4, -0.2) is 90.1 Å². The molecule has 33 heavy (non-hydrogen) atoms. The fourth-order valence-electron chi connectivity index (χ4n) is 3.82. The van der Waals surface area contributed by atoms with Gasteiger partial charge in [-0.1, -0.05) is 6.07 Å². The SMILES string of the molecule is O=C1c2c(O)cc(O)cc2O[C@@H](c2ccc(O)c(O)c2)[C@H]1OC1O[C@H](CO)[C@@H](O)[C@H](O)[C@H]1O. The average Bonchev–Trinajstić information content (AvgIpc) is 2.76. The lowest BCUT2D eigenvalue weighted by atomic mass is 9.92. The molecule has 2 aromatic carbocycles. The molecule has 178 valence electrons. The van der Waals surface area contributed by atoms with Crippen LogP contribution in [0.3, 0.4) is 0 Å². The lowest BCUT2D eigenvalue weighted by Gasteiger charge is -2.42. The molecule has 12 heteroatoms. The van der Waals surface area contributed by atoms with Gasteiger partial charge in [0.2, 0.25) is 5.78 Å². The van der Waals surface area contributed by atoms with E-state index in [0.717, 1.165) is 24.3 Å². The van der Waals surface area contributed by atoms with Crippen molar-refractivity contribution in [3.05, 3.63) is 41.5 Å².